The Morgan fingerprint density at radius 1 is 0.556 bits per heavy atom. The maximum Gasteiger partial charge on any atom is 0.0645 e. The Kier molecular flexibility index (Phi) is 19.3. The molecule has 0 aliphatic rings. The lowest BCUT2D eigenvalue weighted by Crippen LogP contribution is -2.32. The van der Waals surface area contributed by atoms with Crippen LogP contribution in [-0.2, 0) is 0 Å². The number of rotatable bonds is 21. The third-order valence-electron chi connectivity index (χ3n) is 6.59. The van der Waals surface area contributed by atoms with Crippen LogP contribution in [0.1, 0.15) is 156 Å². The zero-order valence-corrected chi connectivity index (χ0v) is 19.7. The molecule has 0 aliphatic carbocycles. The Hall–Kier alpha value is -0.0400. The van der Waals surface area contributed by atoms with Crippen molar-refractivity contribution < 1.29 is 5.11 Å². The number of hydrogen-bond donors (Lipinski definition) is 1. The van der Waals surface area contributed by atoms with Gasteiger partial charge in [0, 0.05) is 0 Å². The Morgan fingerprint density at radius 2 is 0.889 bits per heavy atom. The summed E-state index contributed by atoms with van der Waals surface area (Å²) in [5, 5.41) is 10.8. The molecule has 0 amide bonds. The molecule has 0 saturated carbocycles. The molecular formula is C26H54O. The van der Waals surface area contributed by atoms with Crippen LogP contribution in [0.15, 0.2) is 0 Å². The van der Waals surface area contributed by atoms with Crippen LogP contribution in [0.5, 0.6) is 0 Å². The first-order valence-corrected chi connectivity index (χ1v) is 12.8. The van der Waals surface area contributed by atoms with Gasteiger partial charge in [0.25, 0.3) is 0 Å². The second-order valence-corrected chi connectivity index (χ2v) is 9.45. The van der Waals surface area contributed by atoms with Gasteiger partial charge in [0.15, 0.2) is 0 Å². The first-order valence-electron chi connectivity index (χ1n) is 12.8. The van der Waals surface area contributed by atoms with Crippen molar-refractivity contribution in [1.82, 2.24) is 0 Å². The standard InChI is InChI=1S/C26H54O/c1-5-7-9-11-13-14-15-16-18-20-22-24-26(4,27)25(3)23-21-19-17-12-10-8-6-2/h25,27H,5-24H2,1-4H3. The average Bonchev–Trinajstić information content (AvgIpc) is 2.65. The highest BCUT2D eigenvalue weighted by molar-refractivity contribution is 4.79. The van der Waals surface area contributed by atoms with Gasteiger partial charge >= 0.3 is 0 Å². The van der Waals surface area contributed by atoms with Crippen LogP contribution >= 0.6 is 0 Å². The summed E-state index contributed by atoms with van der Waals surface area (Å²) >= 11 is 0. The van der Waals surface area contributed by atoms with Crippen molar-refractivity contribution in [2.75, 3.05) is 0 Å². The van der Waals surface area contributed by atoms with Crippen LogP contribution in [0.2, 0.25) is 0 Å². The molecule has 0 heterocycles. The van der Waals surface area contributed by atoms with Crippen molar-refractivity contribution in [3.05, 3.63) is 0 Å². The quantitative estimate of drug-likeness (QED) is 0.196. The molecule has 2 atom stereocenters. The predicted molar refractivity (Wildman–Crippen MR) is 123 cm³/mol. The highest BCUT2D eigenvalue weighted by atomic mass is 16.3. The maximum absolute atomic E-state index is 10.8. The van der Waals surface area contributed by atoms with Gasteiger partial charge in [0.1, 0.15) is 0 Å². The summed E-state index contributed by atoms with van der Waals surface area (Å²) in [5.41, 5.74) is -0.457. The van der Waals surface area contributed by atoms with E-state index in [9.17, 15) is 5.11 Å². The van der Waals surface area contributed by atoms with E-state index in [2.05, 4.69) is 27.7 Å². The van der Waals surface area contributed by atoms with E-state index in [0.29, 0.717) is 5.92 Å². The Balaban J connectivity index is 3.49. The molecule has 0 radical (unpaired) electrons. The topological polar surface area (TPSA) is 20.2 Å². The summed E-state index contributed by atoms with van der Waals surface area (Å²) < 4.78 is 0. The monoisotopic (exact) mass is 382 g/mol. The van der Waals surface area contributed by atoms with Gasteiger partial charge in [0.05, 0.1) is 5.60 Å². The molecule has 1 nitrogen and oxygen atoms in total. The molecule has 0 aromatic heterocycles. The summed E-state index contributed by atoms with van der Waals surface area (Å²) in [7, 11) is 0. The molecule has 0 spiro atoms. The van der Waals surface area contributed by atoms with Gasteiger partial charge in [-0.15, -0.1) is 0 Å². The maximum atomic E-state index is 10.8. The van der Waals surface area contributed by atoms with Gasteiger partial charge in [-0.3, -0.25) is 0 Å². The van der Waals surface area contributed by atoms with E-state index in [-0.39, 0.29) is 0 Å². The van der Waals surface area contributed by atoms with Crippen molar-refractivity contribution in [3.8, 4) is 0 Å². The van der Waals surface area contributed by atoms with E-state index < -0.39 is 5.60 Å². The summed E-state index contributed by atoms with van der Waals surface area (Å²) in [4.78, 5) is 0. The predicted octanol–water partition coefficient (Wildman–Crippen LogP) is 9.22. The molecular weight excluding hydrogens is 328 g/mol. The highest BCUT2D eigenvalue weighted by Gasteiger charge is 2.26. The van der Waals surface area contributed by atoms with Crippen molar-refractivity contribution in [2.24, 2.45) is 5.92 Å². The van der Waals surface area contributed by atoms with Crippen molar-refractivity contribution >= 4 is 0 Å². The Morgan fingerprint density at radius 3 is 1.30 bits per heavy atom. The van der Waals surface area contributed by atoms with E-state index in [0.717, 1.165) is 6.42 Å². The zero-order chi connectivity index (χ0) is 20.2. The largest absolute Gasteiger partial charge is 0.390 e. The van der Waals surface area contributed by atoms with Crippen LogP contribution in [0, 0.1) is 5.92 Å². The normalized spacial score (nSPS) is 15.0. The lowest BCUT2D eigenvalue weighted by molar-refractivity contribution is -0.00804. The highest BCUT2D eigenvalue weighted by Crippen LogP contribution is 2.28. The number of unbranched alkanes of at least 4 members (excludes halogenated alkanes) is 16. The molecule has 0 fully saturated rings. The minimum Gasteiger partial charge on any atom is -0.390 e. The van der Waals surface area contributed by atoms with Gasteiger partial charge in [-0.05, 0) is 25.7 Å². The van der Waals surface area contributed by atoms with Crippen LogP contribution in [0.3, 0.4) is 0 Å². The summed E-state index contributed by atoms with van der Waals surface area (Å²) in [6.45, 7) is 8.90. The molecule has 0 aliphatic heterocycles. The fourth-order valence-corrected chi connectivity index (χ4v) is 4.11. The lowest BCUT2D eigenvalue weighted by Gasteiger charge is -2.30. The van der Waals surface area contributed by atoms with Crippen LogP contribution in [0.25, 0.3) is 0 Å². The third kappa shape index (κ3) is 17.8. The smallest absolute Gasteiger partial charge is 0.0645 e. The van der Waals surface area contributed by atoms with Gasteiger partial charge in [-0.25, -0.2) is 0 Å². The van der Waals surface area contributed by atoms with E-state index in [1.165, 1.54) is 122 Å². The number of aliphatic hydroxyl groups is 1. The Labute approximate surface area is 173 Å². The molecule has 2 unspecified atom stereocenters. The molecule has 0 saturated heterocycles. The van der Waals surface area contributed by atoms with Gasteiger partial charge in [0.2, 0.25) is 0 Å². The zero-order valence-electron chi connectivity index (χ0n) is 19.7. The summed E-state index contributed by atoms with van der Waals surface area (Å²) in [5.74, 6) is 0.441. The second-order valence-electron chi connectivity index (χ2n) is 9.45. The fourth-order valence-electron chi connectivity index (χ4n) is 4.11. The van der Waals surface area contributed by atoms with E-state index in [1.54, 1.807) is 0 Å². The van der Waals surface area contributed by atoms with Crippen molar-refractivity contribution in [2.45, 2.75) is 162 Å². The lowest BCUT2D eigenvalue weighted by atomic mass is 9.82. The summed E-state index contributed by atoms with van der Waals surface area (Å²) in [6, 6.07) is 0. The molecule has 164 valence electrons. The molecule has 0 aromatic rings. The molecule has 0 aromatic carbocycles. The van der Waals surface area contributed by atoms with E-state index in [4.69, 9.17) is 0 Å². The van der Waals surface area contributed by atoms with Crippen molar-refractivity contribution in [3.63, 3.8) is 0 Å². The molecule has 1 heteroatoms. The van der Waals surface area contributed by atoms with Crippen LogP contribution in [0.4, 0.5) is 0 Å². The van der Waals surface area contributed by atoms with Gasteiger partial charge < -0.3 is 5.11 Å². The van der Waals surface area contributed by atoms with Gasteiger partial charge in [-0.1, -0.05) is 136 Å². The minimum absolute atomic E-state index is 0.441. The van der Waals surface area contributed by atoms with E-state index >= 15 is 0 Å². The minimum atomic E-state index is -0.457. The fraction of sp³-hybridized carbons (Fsp3) is 1.00. The Bertz CT molecular complexity index is 284. The van der Waals surface area contributed by atoms with E-state index in [1.807, 2.05) is 0 Å². The second kappa shape index (κ2) is 19.3. The van der Waals surface area contributed by atoms with Gasteiger partial charge in [-0.2, -0.15) is 0 Å². The molecule has 0 rings (SSSR count). The van der Waals surface area contributed by atoms with Crippen LogP contribution < -0.4 is 0 Å². The average molecular weight is 383 g/mol. The molecule has 1 N–H and O–H groups in total. The first-order chi connectivity index (χ1) is 13.0. The molecule has 27 heavy (non-hydrogen) atoms. The summed E-state index contributed by atoms with van der Waals surface area (Å²) in [6.07, 6.45) is 26.9. The third-order valence-corrected chi connectivity index (χ3v) is 6.59. The SMILES string of the molecule is CCCCCCCCCCCCCC(C)(O)C(C)CCCCCCCCC. The van der Waals surface area contributed by atoms with Crippen LogP contribution in [-0.4, -0.2) is 10.7 Å². The van der Waals surface area contributed by atoms with Crippen molar-refractivity contribution in [1.29, 1.82) is 0 Å². The molecule has 0 bridgehead atoms. The number of hydrogen-bond acceptors (Lipinski definition) is 1. The first kappa shape index (κ1) is 27.0.